The largest absolute Gasteiger partial charge is 0.480 e. The van der Waals surface area contributed by atoms with Crippen LogP contribution in [0.5, 0.6) is 0 Å². The number of carboxylic acids is 1. The molecule has 0 unspecified atom stereocenters. The Bertz CT molecular complexity index is 942. The van der Waals surface area contributed by atoms with Crippen LogP contribution in [0.1, 0.15) is 98.3 Å². The van der Waals surface area contributed by atoms with Gasteiger partial charge in [0.05, 0.1) is 6.42 Å². The van der Waals surface area contributed by atoms with Crippen LogP contribution in [0, 0.1) is 34.5 Å². The summed E-state index contributed by atoms with van der Waals surface area (Å²) < 4.78 is 5.99. The molecule has 7 nitrogen and oxygen atoms in total. The number of carbonyl (C=O) groups excluding carboxylic acids is 3. The lowest BCUT2D eigenvalue weighted by Gasteiger charge is -2.57. The third kappa shape index (κ3) is 4.87. The molecule has 36 heavy (non-hydrogen) atoms. The van der Waals surface area contributed by atoms with E-state index in [1.165, 1.54) is 5.57 Å². The molecule has 0 bridgehead atoms. The van der Waals surface area contributed by atoms with Crippen molar-refractivity contribution in [3.8, 4) is 0 Å². The van der Waals surface area contributed by atoms with Crippen molar-refractivity contribution in [3.05, 3.63) is 11.6 Å². The highest BCUT2D eigenvalue weighted by atomic mass is 16.5. The van der Waals surface area contributed by atoms with E-state index in [4.69, 9.17) is 4.74 Å². The van der Waals surface area contributed by atoms with Crippen molar-refractivity contribution in [2.45, 2.75) is 110 Å². The van der Waals surface area contributed by atoms with Crippen LogP contribution in [-0.2, 0) is 23.9 Å². The van der Waals surface area contributed by atoms with E-state index in [1.54, 1.807) is 6.92 Å². The molecule has 8 atom stereocenters. The van der Waals surface area contributed by atoms with E-state index in [-0.39, 0.29) is 47.4 Å². The monoisotopic (exact) mass is 501 g/mol. The van der Waals surface area contributed by atoms with Gasteiger partial charge in [-0.2, -0.15) is 0 Å². The second kappa shape index (κ2) is 10.3. The Morgan fingerprint density at radius 2 is 1.83 bits per heavy atom. The van der Waals surface area contributed by atoms with Gasteiger partial charge in [-0.1, -0.05) is 39.7 Å². The Kier molecular flexibility index (Phi) is 7.68. The van der Waals surface area contributed by atoms with Gasteiger partial charge in [0, 0.05) is 18.3 Å². The molecule has 0 heterocycles. The van der Waals surface area contributed by atoms with Gasteiger partial charge < -0.3 is 15.2 Å². The molecule has 4 rings (SSSR count). The smallest absolute Gasteiger partial charge is 0.326 e. The zero-order chi connectivity index (χ0) is 26.3. The Hall–Kier alpha value is -2.18. The fraction of sp³-hybridized carbons (Fsp3) is 0.793. The van der Waals surface area contributed by atoms with Crippen LogP contribution in [0.2, 0.25) is 0 Å². The van der Waals surface area contributed by atoms with Gasteiger partial charge in [-0.25, -0.2) is 4.79 Å². The van der Waals surface area contributed by atoms with Gasteiger partial charge in [0.25, 0.3) is 0 Å². The number of rotatable bonds is 8. The van der Waals surface area contributed by atoms with E-state index >= 15 is 0 Å². The number of nitrogens with one attached hydrogen (secondary N) is 1. The number of ether oxygens (including phenoxy) is 1. The summed E-state index contributed by atoms with van der Waals surface area (Å²) in [5.74, 6) is -0.0631. The van der Waals surface area contributed by atoms with Gasteiger partial charge in [0.2, 0.25) is 5.91 Å². The van der Waals surface area contributed by atoms with E-state index in [0.29, 0.717) is 30.6 Å². The lowest BCUT2D eigenvalue weighted by Crippen LogP contribution is -2.51. The maximum absolute atomic E-state index is 12.7. The summed E-state index contributed by atoms with van der Waals surface area (Å²) in [5, 5.41) is 11.9. The molecule has 0 saturated heterocycles. The first-order valence-corrected chi connectivity index (χ1v) is 13.9. The lowest BCUT2D eigenvalue weighted by atomic mass is 9.47. The number of fused-ring (bicyclic) bond motifs is 5. The zero-order valence-corrected chi connectivity index (χ0v) is 22.3. The van der Waals surface area contributed by atoms with Crippen LogP contribution in [-0.4, -0.2) is 40.9 Å². The standard InChI is InChI=1S/C29H43NO6/c1-5-17(2)26(27(34)35)30-24(32)10-11-25(33)36-23-9-8-21-20-7-6-18-16-19(31)12-14-28(18,3)22(20)13-15-29(21,23)4/h16-17,20-23,26H,5-15H2,1-4H3,(H,30,32)(H,34,35)/t17-,20-,21-,22-,23+,26-,28-,29-/m0/s1. The first-order chi connectivity index (χ1) is 17.0. The Morgan fingerprint density at radius 1 is 1.08 bits per heavy atom. The van der Waals surface area contributed by atoms with Gasteiger partial charge in [0.15, 0.2) is 5.78 Å². The van der Waals surface area contributed by atoms with Gasteiger partial charge in [0.1, 0.15) is 12.1 Å². The first-order valence-electron chi connectivity index (χ1n) is 13.9. The van der Waals surface area contributed by atoms with Crippen molar-refractivity contribution in [2.75, 3.05) is 0 Å². The normalized spacial score (nSPS) is 37.0. The average Bonchev–Trinajstić information content (AvgIpc) is 3.17. The molecule has 0 radical (unpaired) electrons. The van der Waals surface area contributed by atoms with Crippen LogP contribution in [0.4, 0.5) is 0 Å². The number of hydrogen-bond acceptors (Lipinski definition) is 5. The molecule has 0 spiro atoms. The minimum Gasteiger partial charge on any atom is -0.480 e. The van der Waals surface area contributed by atoms with Gasteiger partial charge in [-0.3, -0.25) is 14.4 Å². The summed E-state index contributed by atoms with van der Waals surface area (Å²) in [4.78, 5) is 48.6. The molecule has 3 saturated carbocycles. The Balaban J connectivity index is 1.34. The zero-order valence-electron chi connectivity index (χ0n) is 22.3. The van der Waals surface area contributed by atoms with E-state index < -0.39 is 17.9 Å². The molecule has 0 aliphatic heterocycles. The molecule has 1 amide bonds. The number of aliphatic carboxylic acids is 1. The number of hydrogen-bond donors (Lipinski definition) is 2. The van der Waals surface area contributed by atoms with E-state index in [1.807, 2.05) is 13.0 Å². The number of esters is 1. The van der Waals surface area contributed by atoms with Crippen molar-refractivity contribution in [1.82, 2.24) is 5.32 Å². The minimum absolute atomic E-state index is 0.0395. The minimum atomic E-state index is -1.06. The summed E-state index contributed by atoms with van der Waals surface area (Å²) in [5.41, 5.74) is 1.44. The third-order valence-electron chi connectivity index (χ3n) is 10.5. The van der Waals surface area contributed by atoms with Crippen molar-refractivity contribution < 1.29 is 29.0 Å². The number of ketones is 1. The molecule has 0 aromatic carbocycles. The molecule has 2 N–H and O–H groups in total. The maximum atomic E-state index is 12.7. The highest BCUT2D eigenvalue weighted by Crippen LogP contribution is 2.65. The fourth-order valence-corrected chi connectivity index (χ4v) is 8.07. The molecule has 7 heteroatoms. The van der Waals surface area contributed by atoms with Gasteiger partial charge in [-0.05, 0) is 80.1 Å². The number of allylic oxidation sites excluding steroid dienone is 1. The van der Waals surface area contributed by atoms with Crippen molar-refractivity contribution >= 4 is 23.6 Å². The highest BCUT2D eigenvalue weighted by Gasteiger charge is 2.59. The van der Waals surface area contributed by atoms with Crippen LogP contribution < -0.4 is 5.32 Å². The summed E-state index contributed by atoms with van der Waals surface area (Å²) in [6, 6.07) is -0.946. The SMILES string of the molecule is CC[C@H](C)[C@H](NC(=O)CCC(=O)O[C@@H]1CC[C@H]2[C@@H]3CCC4=CC(=O)CC[C@]4(C)[C@H]3CC[C@]12C)C(=O)O. The fourth-order valence-electron chi connectivity index (χ4n) is 8.07. The second-order valence-corrected chi connectivity index (χ2v) is 12.3. The Labute approximate surface area is 214 Å². The molecule has 3 fully saturated rings. The maximum Gasteiger partial charge on any atom is 0.326 e. The molecular weight excluding hydrogens is 458 g/mol. The quantitative estimate of drug-likeness (QED) is 0.461. The highest BCUT2D eigenvalue weighted by molar-refractivity contribution is 5.91. The molecule has 4 aliphatic carbocycles. The predicted molar refractivity (Wildman–Crippen MR) is 135 cm³/mol. The van der Waals surface area contributed by atoms with E-state index in [0.717, 1.165) is 44.9 Å². The predicted octanol–water partition coefficient (Wildman–Crippen LogP) is 4.83. The number of carboxylic acid groups (broad SMARTS) is 1. The molecule has 200 valence electrons. The van der Waals surface area contributed by atoms with Crippen molar-refractivity contribution in [2.24, 2.45) is 34.5 Å². The average molecular weight is 502 g/mol. The van der Waals surface area contributed by atoms with Crippen molar-refractivity contribution in [1.29, 1.82) is 0 Å². The van der Waals surface area contributed by atoms with Crippen LogP contribution in [0.15, 0.2) is 11.6 Å². The second-order valence-electron chi connectivity index (χ2n) is 12.3. The van der Waals surface area contributed by atoms with E-state index in [2.05, 4.69) is 19.2 Å². The summed E-state index contributed by atoms with van der Waals surface area (Å²) in [7, 11) is 0. The molecule has 4 aliphatic rings. The topological polar surface area (TPSA) is 110 Å². The number of amides is 1. The lowest BCUT2D eigenvalue weighted by molar-refractivity contribution is -0.160. The summed E-state index contributed by atoms with van der Waals surface area (Å²) in [6.07, 6.45) is 10.1. The van der Waals surface area contributed by atoms with Crippen LogP contribution in [0.25, 0.3) is 0 Å². The molecule has 0 aromatic heterocycles. The van der Waals surface area contributed by atoms with Crippen molar-refractivity contribution in [3.63, 3.8) is 0 Å². The summed E-state index contributed by atoms with van der Waals surface area (Å²) >= 11 is 0. The van der Waals surface area contributed by atoms with Gasteiger partial charge >= 0.3 is 11.9 Å². The number of carbonyl (C=O) groups is 4. The van der Waals surface area contributed by atoms with E-state index in [9.17, 15) is 24.3 Å². The summed E-state index contributed by atoms with van der Waals surface area (Å²) in [6.45, 7) is 8.33. The van der Waals surface area contributed by atoms with Crippen LogP contribution >= 0.6 is 0 Å². The third-order valence-corrected chi connectivity index (χ3v) is 10.5. The molecular formula is C29H43NO6. The van der Waals surface area contributed by atoms with Gasteiger partial charge in [-0.15, -0.1) is 0 Å². The molecule has 0 aromatic rings. The van der Waals surface area contributed by atoms with Crippen LogP contribution in [0.3, 0.4) is 0 Å². The first kappa shape index (κ1) is 26.9. The Morgan fingerprint density at radius 3 is 2.53 bits per heavy atom.